The van der Waals surface area contributed by atoms with E-state index in [1.165, 1.54) is 12.1 Å². The van der Waals surface area contributed by atoms with Crippen LogP contribution in [0.1, 0.15) is 0 Å². The van der Waals surface area contributed by atoms with Crippen molar-refractivity contribution < 1.29 is 27.1 Å². The number of amides is 1. The van der Waals surface area contributed by atoms with Crippen LogP contribution in [0.4, 0.5) is 20.2 Å². The Hall–Kier alpha value is -2.72. The summed E-state index contributed by atoms with van der Waals surface area (Å²) >= 11 is 0. The van der Waals surface area contributed by atoms with E-state index in [0.29, 0.717) is 18.8 Å². The van der Waals surface area contributed by atoms with Crippen molar-refractivity contribution >= 4 is 27.1 Å². The number of halogens is 2. The summed E-state index contributed by atoms with van der Waals surface area (Å²) in [5, 5.41) is 12.0. The lowest BCUT2D eigenvalue weighted by Gasteiger charge is -2.35. The summed E-state index contributed by atoms with van der Waals surface area (Å²) in [6.07, 6.45) is 0. The van der Waals surface area contributed by atoms with Crippen molar-refractivity contribution in [3.63, 3.8) is 0 Å². The predicted octanol–water partition coefficient (Wildman–Crippen LogP) is 2.15. The number of hydrogen-bond donors (Lipinski definition) is 2. The smallest absolute Gasteiger partial charge is 0.341 e. The summed E-state index contributed by atoms with van der Waals surface area (Å²) in [4.78, 5) is 15.9. The number of piperazine rings is 1. The van der Waals surface area contributed by atoms with E-state index in [-0.39, 0.29) is 18.2 Å². The minimum atomic E-state index is -4.65. The maximum absolute atomic E-state index is 12.5. The van der Waals surface area contributed by atoms with Crippen LogP contribution in [0, 0.1) is 0 Å². The summed E-state index contributed by atoms with van der Waals surface area (Å²) in [6.45, 7) is 3.00. The molecule has 0 aromatic heterocycles. The molecule has 1 amide bonds. The number of rotatable bonds is 6. The molecule has 0 unspecified atom stereocenters. The van der Waals surface area contributed by atoms with Crippen LogP contribution >= 0.6 is 0 Å². The molecule has 0 spiro atoms. The van der Waals surface area contributed by atoms with Crippen molar-refractivity contribution in [3.8, 4) is 5.75 Å². The lowest BCUT2D eigenvalue weighted by Crippen LogP contribution is -2.48. The standard InChI is InChI=1S/C19H21F2N3O4S/c20-19(21)29(27,28)17-7-1-14(2-8-17)22-18(26)13-23-9-11-24(12-10-23)15-3-5-16(25)6-4-15/h1-8,19,25H,9-13H2,(H,22,26). The van der Waals surface area contributed by atoms with Gasteiger partial charge >= 0.3 is 5.76 Å². The van der Waals surface area contributed by atoms with Crippen LogP contribution in [0.15, 0.2) is 53.4 Å². The number of carbonyl (C=O) groups is 1. The van der Waals surface area contributed by atoms with E-state index in [4.69, 9.17) is 0 Å². The fourth-order valence-corrected chi connectivity index (χ4v) is 3.78. The van der Waals surface area contributed by atoms with Crippen molar-refractivity contribution in [2.75, 3.05) is 42.9 Å². The quantitative estimate of drug-likeness (QED) is 0.737. The molecule has 7 nitrogen and oxygen atoms in total. The molecule has 0 atom stereocenters. The Balaban J connectivity index is 1.49. The van der Waals surface area contributed by atoms with Gasteiger partial charge in [-0.1, -0.05) is 0 Å². The zero-order valence-corrected chi connectivity index (χ0v) is 16.3. The second-order valence-electron chi connectivity index (χ2n) is 6.66. The van der Waals surface area contributed by atoms with Gasteiger partial charge in [0.15, 0.2) is 0 Å². The van der Waals surface area contributed by atoms with Crippen LogP contribution in [0.3, 0.4) is 0 Å². The van der Waals surface area contributed by atoms with Crippen LogP contribution in [0.5, 0.6) is 5.75 Å². The highest BCUT2D eigenvalue weighted by molar-refractivity contribution is 7.91. The first-order chi connectivity index (χ1) is 13.8. The van der Waals surface area contributed by atoms with E-state index in [2.05, 4.69) is 10.2 Å². The molecule has 2 N–H and O–H groups in total. The predicted molar refractivity (Wildman–Crippen MR) is 105 cm³/mol. The van der Waals surface area contributed by atoms with Crippen LogP contribution in [-0.4, -0.2) is 62.8 Å². The Morgan fingerprint density at radius 3 is 2.14 bits per heavy atom. The van der Waals surface area contributed by atoms with Gasteiger partial charge in [-0.3, -0.25) is 9.69 Å². The molecule has 1 aliphatic heterocycles. The van der Waals surface area contributed by atoms with E-state index >= 15 is 0 Å². The van der Waals surface area contributed by atoms with Gasteiger partial charge in [0, 0.05) is 37.6 Å². The molecule has 1 saturated heterocycles. The number of nitrogens with one attached hydrogen (secondary N) is 1. The second kappa shape index (κ2) is 8.75. The second-order valence-corrected chi connectivity index (χ2v) is 8.58. The maximum atomic E-state index is 12.5. The monoisotopic (exact) mass is 425 g/mol. The Morgan fingerprint density at radius 1 is 1.00 bits per heavy atom. The molecule has 2 aromatic carbocycles. The molecule has 2 aromatic rings. The molecule has 156 valence electrons. The largest absolute Gasteiger partial charge is 0.508 e. The van der Waals surface area contributed by atoms with Gasteiger partial charge < -0.3 is 15.3 Å². The van der Waals surface area contributed by atoms with E-state index in [9.17, 15) is 27.1 Å². The van der Waals surface area contributed by atoms with Crippen molar-refractivity contribution in [3.05, 3.63) is 48.5 Å². The molecule has 0 radical (unpaired) electrons. The first-order valence-electron chi connectivity index (χ1n) is 8.94. The van der Waals surface area contributed by atoms with E-state index in [0.717, 1.165) is 30.9 Å². The molecular formula is C19H21F2N3O4S. The van der Waals surface area contributed by atoms with Crippen molar-refractivity contribution in [2.45, 2.75) is 10.7 Å². The van der Waals surface area contributed by atoms with Gasteiger partial charge in [-0.15, -0.1) is 0 Å². The average Bonchev–Trinajstić information content (AvgIpc) is 2.69. The van der Waals surface area contributed by atoms with Gasteiger partial charge in [-0.05, 0) is 48.5 Å². The van der Waals surface area contributed by atoms with E-state index in [1.54, 1.807) is 12.1 Å². The van der Waals surface area contributed by atoms with Gasteiger partial charge in [0.05, 0.1) is 11.4 Å². The lowest BCUT2D eigenvalue weighted by molar-refractivity contribution is -0.117. The van der Waals surface area contributed by atoms with Gasteiger partial charge in [0.1, 0.15) is 5.75 Å². The zero-order valence-electron chi connectivity index (χ0n) is 15.5. The summed E-state index contributed by atoms with van der Waals surface area (Å²) < 4.78 is 47.9. The number of alkyl halides is 2. The van der Waals surface area contributed by atoms with Crippen LogP contribution in [-0.2, 0) is 14.6 Å². The number of nitrogens with zero attached hydrogens (tertiary/aromatic N) is 2. The van der Waals surface area contributed by atoms with E-state index in [1.807, 2.05) is 17.0 Å². The SMILES string of the molecule is O=C(CN1CCN(c2ccc(O)cc2)CC1)Nc1ccc(S(=O)(=O)C(F)F)cc1. The van der Waals surface area contributed by atoms with E-state index < -0.39 is 20.5 Å². The third-order valence-electron chi connectivity index (χ3n) is 4.66. The topological polar surface area (TPSA) is 89.9 Å². The highest BCUT2D eigenvalue weighted by Crippen LogP contribution is 2.21. The van der Waals surface area contributed by atoms with Crippen LogP contribution in [0.25, 0.3) is 0 Å². The highest BCUT2D eigenvalue weighted by Gasteiger charge is 2.26. The molecular weight excluding hydrogens is 404 g/mol. The molecule has 1 heterocycles. The molecule has 0 saturated carbocycles. The molecule has 3 rings (SSSR count). The Labute approximate surface area is 167 Å². The number of phenols is 1. The third kappa shape index (κ3) is 5.21. The minimum absolute atomic E-state index is 0.167. The molecule has 1 fully saturated rings. The van der Waals surface area contributed by atoms with Crippen molar-refractivity contribution in [1.29, 1.82) is 0 Å². The zero-order chi connectivity index (χ0) is 21.0. The number of sulfone groups is 1. The molecule has 29 heavy (non-hydrogen) atoms. The third-order valence-corrected chi connectivity index (χ3v) is 6.05. The molecule has 0 aliphatic carbocycles. The maximum Gasteiger partial charge on any atom is 0.341 e. The normalized spacial score (nSPS) is 15.5. The first-order valence-corrected chi connectivity index (χ1v) is 10.5. The molecule has 10 heteroatoms. The van der Waals surface area contributed by atoms with Crippen molar-refractivity contribution in [2.24, 2.45) is 0 Å². The summed E-state index contributed by atoms with van der Waals surface area (Å²) in [7, 11) is -4.65. The van der Waals surface area contributed by atoms with Gasteiger partial charge in [-0.2, -0.15) is 8.78 Å². The average molecular weight is 425 g/mol. The number of hydrogen-bond acceptors (Lipinski definition) is 6. The number of phenolic OH excluding ortho intramolecular Hbond substituents is 1. The Morgan fingerprint density at radius 2 is 1.59 bits per heavy atom. The summed E-state index contributed by atoms with van der Waals surface area (Å²) in [6, 6.07) is 11.6. The number of anilines is 2. The van der Waals surface area contributed by atoms with Crippen molar-refractivity contribution in [1.82, 2.24) is 4.90 Å². The molecule has 1 aliphatic rings. The van der Waals surface area contributed by atoms with Gasteiger partial charge in [-0.25, -0.2) is 8.42 Å². The lowest BCUT2D eigenvalue weighted by atomic mass is 10.2. The number of aromatic hydroxyl groups is 1. The Kier molecular flexibility index (Phi) is 6.33. The fraction of sp³-hybridized carbons (Fsp3) is 0.316. The number of benzene rings is 2. The van der Waals surface area contributed by atoms with Crippen LogP contribution in [0.2, 0.25) is 0 Å². The first kappa shape index (κ1) is 21.0. The van der Waals surface area contributed by atoms with Gasteiger partial charge in [0.2, 0.25) is 15.7 Å². The molecule has 0 bridgehead atoms. The fourth-order valence-electron chi connectivity index (χ4n) is 3.06. The Bertz CT molecular complexity index is 942. The summed E-state index contributed by atoms with van der Waals surface area (Å²) in [5.41, 5.74) is 1.34. The summed E-state index contributed by atoms with van der Waals surface area (Å²) in [5.74, 6) is -3.54. The number of carbonyl (C=O) groups excluding carboxylic acids is 1. The highest BCUT2D eigenvalue weighted by atomic mass is 32.2. The minimum Gasteiger partial charge on any atom is -0.508 e. The van der Waals surface area contributed by atoms with Crippen LogP contribution < -0.4 is 10.2 Å². The van der Waals surface area contributed by atoms with Gasteiger partial charge in [0.25, 0.3) is 0 Å².